The number of aromatic nitrogens is 1. The number of nitrogens with two attached hydrogens (primary N) is 1. The average molecular weight is 592 g/mol. The minimum Gasteiger partial charge on any atom is -0.463 e. The van der Waals surface area contributed by atoms with Crippen LogP contribution in [0.3, 0.4) is 0 Å². The van der Waals surface area contributed by atoms with Crippen LogP contribution in [0.2, 0.25) is 5.02 Å². The van der Waals surface area contributed by atoms with Crippen LogP contribution in [0, 0.1) is 11.6 Å². The molecule has 0 spiro atoms. The van der Waals surface area contributed by atoms with E-state index in [1.165, 1.54) is 42.4 Å². The quantitative estimate of drug-likeness (QED) is 0.223. The zero-order valence-corrected chi connectivity index (χ0v) is 23.2. The smallest absolute Gasteiger partial charge is 0.317 e. The number of benzene rings is 2. The standard InChI is InChI=1S/C28H32ClF2N5O5/c1-36(28(40)35-13-18-3-2-4-24(31)27(18)29)23(7-8-25(38)34-14-21(32)15-37)16-41-26(39)11-22-10-19-9-20(30)6-5-17(19)12-33-22/h2-6,9-10,12,21,23,37H,7-8,11,13-16,32H2,1H3,(H,34,38)(H,35,40)/t21-,23+/m1/s1. The monoisotopic (exact) mass is 591 g/mol. The van der Waals surface area contributed by atoms with Crippen molar-refractivity contribution >= 4 is 40.3 Å². The molecule has 10 nitrogen and oxygen atoms in total. The number of urea groups is 1. The topological polar surface area (TPSA) is 147 Å². The Morgan fingerprint density at radius 3 is 2.68 bits per heavy atom. The van der Waals surface area contributed by atoms with Crippen molar-refractivity contribution in [1.29, 1.82) is 0 Å². The number of hydrogen-bond donors (Lipinski definition) is 4. The second kappa shape index (κ2) is 15.2. The summed E-state index contributed by atoms with van der Waals surface area (Å²) in [7, 11) is 1.47. The molecule has 2 aromatic carbocycles. The Morgan fingerprint density at radius 2 is 1.93 bits per heavy atom. The van der Waals surface area contributed by atoms with E-state index in [0.29, 0.717) is 22.0 Å². The maximum absolute atomic E-state index is 13.7. The van der Waals surface area contributed by atoms with Gasteiger partial charge in [-0.05, 0) is 47.7 Å². The van der Waals surface area contributed by atoms with Gasteiger partial charge in [-0.1, -0.05) is 23.7 Å². The third-order valence-electron chi connectivity index (χ3n) is 6.33. The van der Waals surface area contributed by atoms with Crippen LogP contribution in [0.25, 0.3) is 10.8 Å². The van der Waals surface area contributed by atoms with E-state index in [4.69, 9.17) is 27.2 Å². The molecule has 13 heteroatoms. The SMILES string of the molecule is CN(C(=O)NCc1cccc(F)c1Cl)[C@@H](CCC(=O)NC[C@@H](N)CO)COC(=O)Cc1cc2cc(F)ccc2cn1. The Labute approximate surface area is 240 Å². The van der Waals surface area contributed by atoms with E-state index in [-0.39, 0.29) is 56.5 Å². The zero-order chi connectivity index (χ0) is 29.9. The summed E-state index contributed by atoms with van der Waals surface area (Å²) < 4.78 is 32.8. The molecule has 0 saturated heterocycles. The molecular formula is C28H32ClF2N5O5. The number of halogens is 3. The molecule has 3 aromatic rings. The molecular weight excluding hydrogens is 560 g/mol. The maximum Gasteiger partial charge on any atom is 0.317 e. The first-order valence-electron chi connectivity index (χ1n) is 12.8. The number of ether oxygens (including phenoxy) is 1. The molecule has 1 aromatic heterocycles. The molecule has 1 heterocycles. The number of aliphatic hydroxyl groups is 1. The molecule has 0 saturated carbocycles. The van der Waals surface area contributed by atoms with Crippen molar-refractivity contribution in [3.8, 4) is 0 Å². The summed E-state index contributed by atoms with van der Waals surface area (Å²) in [5.41, 5.74) is 6.36. The number of rotatable bonds is 13. The van der Waals surface area contributed by atoms with Crippen LogP contribution in [0.15, 0.2) is 48.7 Å². The molecule has 41 heavy (non-hydrogen) atoms. The van der Waals surface area contributed by atoms with Gasteiger partial charge < -0.3 is 31.1 Å². The Morgan fingerprint density at radius 1 is 1.15 bits per heavy atom. The number of nitrogens with zero attached hydrogens (tertiary/aromatic N) is 2. The van der Waals surface area contributed by atoms with Gasteiger partial charge in [0.2, 0.25) is 5.91 Å². The highest BCUT2D eigenvalue weighted by Gasteiger charge is 2.23. The van der Waals surface area contributed by atoms with Gasteiger partial charge in [-0.2, -0.15) is 0 Å². The first kappa shape index (κ1) is 31.7. The van der Waals surface area contributed by atoms with Gasteiger partial charge in [-0.25, -0.2) is 13.6 Å². The number of likely N-dealkylation sites (N-methyl/N-ethyl adjacent to an activating group) is 1. The summed E-state index contributed by atoms with van der Waals surface area (Å²) in [5.74, 6) is -2.02. The lowest BCUT2D eigenvalue weighted by Gasteiger charge is -2.28. The molecule has 0 radical (unpaired) electrons. The highest BCUT2D eigenvalue weighted by Crippen LogP contribution is 2.20. The van der Waals surface area contributed by atoms with Crippen molar-refractivity contribution < 1.29 is 33.0 Å². The number of aliphatic hydroxyl groups excluding tert-OH is 1. The van der Waals surface area contributed by atoms with Gasteiger partial charge in [0.1, 0.15) is 18.2 Å². The fourth-order valence-electron chi connectivity index (χ4n) is 3.87. The van der Waals surface area contributed by atoms with E-state index in [0.717, 1.165) is 0 Å². The van der Waals surface area contributed by atoms with Gasteiger partial charge >= 0.3 is 12.0 Å². The van der Waals surface area contributed by atoms with Crippen LogP contribution in [-0.2, 0) is 27.3 Å². The highest BCUT2D eigenvalue weighted by molar-refractivity contribution is 6.31. The highest BCUT2D eigenvalue weighted by atomic mass is 35.5. The van der Waals surface area contributed by atoms with E-state index in [9.17, 15) is 23.2 Å². The number of fused-ring (bicyclic) bond motifs is 1. The predicted molar refractivity (Wildman–Crippen MR) is 149 cm³/mol. The molecule has 0 unspecified atom stereocenters. The number of hydrogen-bond acceptors (Lipinski definition) is 7. The second-order valence-corrected chi connectivity index (χ2v) is 9.83. The van der Waals surface area contributed by atoms with Gasteiger partial charge in [0.25, 0.3) is 0 Å². The van der Waals surface area contributed by atoms with Gasteiger partial charge in [-0.3, -0.25) is 14.6 Å². The Hall–Kier alpha value is -3.87. The van der Waals surface area contributed by atoms with Crippen molar-refractivity contribution in [1.82, 2.24) is 20.5 Å². The minimum absolute atomic E-state index is 0.0223. The molecule has 0 bridgehead atoms. The normalized spacial score (nSPS) is 12.4. The lowest BCUT2D eigenvalue weighted by atomic mass is 10.1. The number of carbonyl (C=O) groups is 3. The maximum atomic E-state index is 13.7. The minimum atomic E-state index is -0.710. The Balaban J connectivity index is 1.62. The van der Waals surface area contributed by atoms with Crippen LogP contribution < -0.4 is 16.4 Å². The summed E-state index contributed by atoms with van der Waals surface area (Å²) in [6.45, 7) is -0.504. The summed E-state index contributed by atoms with van der Waals surface area (Å²) in [6, 6.07) is 8.19. The first-order valence-corrected chi connectivity index (χ1v) is 13.2. The molecule has 3 rings (SSSR count). The Bertz CT molecular complexity index is 1380. The molecule has 2 atom stereocenters. The average Bonchev–Trinajstić information content (AvgIpc) is 2.95. The van der Waals surface area contributed by atoms with E-state index in [1.807, 2.05) is 0 Å². The summed E-state index contributed by atoms with van der Waals surface area (Å²) in [5, 5.41) is 15.5. The summed E-state index contributed by atoms with van der Waals surface area (Å²) >= 11 is 5.97. The Kier molecular flexibility index (Phi) is 11.7. The van der Waals surface area contributed by atoms with Crippen LogP contribution in [0.1, 0.15) is 24.1 Å². The molecule has 220 valence electrons. The molecule has 0 fully saturated rings. The van der Waals surface area contributed by atoms with Gasteiger partial charge in [0, 0.05) is 44.2 Å². The van der Waals surface area contributed by atoms with E-state index in [2.05, 4.69) is 15.6 Å². The second-order valence-electron chi connectivity index (χ2n) is 9.45. The lowest BCUT2D eigenvalue weighted by Crippen LogP contribution is -2.46. The molecule has 3 amide bonds. The largest absolute Gasteiger partial charge is 0.463 e. The lowest BCUT2D eigenvalue weighted by molar-refractivity contribution is -0.144. The van der Waals surface area contributed by atoms with Gasteiger partial charge in [-0.15, -0.1) is 0 Å². The third-order valence-corrected chi connectivity index (χ3v) is 6.76. The third kappa shape index (κ3) is 9.62. The van der Waals surface area contributed by atoms with Crippen molar-refractivity contribution in [3.05, 3.63) is 76.6 Å². The van der Waals surface area contributed by atoms with Crippen molar-refractivity contribution in [2.24, 2.45) is 5.73 Å². The van der Waals surface area contributed by atoms with E-state index >= 15 is 0 Å². The van der Waals surface area contributed by atoms with Crippen LogP contribution >= 0.6 is 11.6 Å². The fourth-order valence-corrected chi connectivity index (χ4v) is 4.07. The molecule has 0 aliphatic heterocycles. The number of esters is 1. The molecule has 0 aliphatic rings. The number of pyridine rings is 1. The van der Waals surface area contributed by atoms with E-state index in [1.54, 1.807) is 18.2 Å². The van der Waals surface area contributed by atoms with Gasteiger partial charge in [0.05, 0.1) is 29.8 Å². The first-order chi connectivity index (χ1) is 19.6. The van der Waals surface area contributed by atoms with Crippen LogP contribution in [-0.4, -0.2) is 71.8 Å². The van der Waals surface area contributed by atoms with Crippen LogP contribution in [0.5, 0.6) is 0 Å². The van der Waals surface area contributed by atoms with Crippen molar-refractivity contribution in [2.75, 3.05) is 26.8 Å². The summed E-state index contributed by atoms with van der Waals surface area (Å²) in [6.07, 6.45) is 1.45. The van der Waals surface area contributed by atoms with Gasteiger partial charge in [0.15, 0.2) is 0 Å². The number of carbonyl (C=O) groups excluding carboxylic acids is 3. The summed E-state index contributed by atoms with van der Waals surface area (Å²) in [4.78, 5) is 43.3. The number of amides is 3. The van der Waals surface area contributed by atoms with Crippen molar-refractivity contribution in [2.45, 2.75) is 37.9 Å². The predicted octanol–water partition coefficient (Wildman–Crippen LogP) is 2.68. The molecule has 0 aliphatic carbocycles. The zero-order valence-electron chi connectivity index (χ0n) is 22.4. The molecule has 5 N–H and O–H groups in total. The van der Waals surface area contributed by atoms with E-state index < -0.39 is 35.7 Å². The van der Waals surface area contributed by atoms with Crippen molar-refractivity contribution in [3.63, 3.8) is 0 Å². The number of nitrogens with one attached hydrogen (secondary N) is 2. The fraction of sp³-hybridized carbons (Fsp3) is 0.357. The van der Waals surface area contributed by atoms with Crippen LogP contribution in [0.4, 0.5) is 13.6 Å².